The number of carbonyl (C=O) groups excluding carboxylic acids is 1. The predicted molar refractivity (Wildman–Crippen MR) is 71.2 cm³/mol. The summed E-state index contributed by atoms with van der Waals surface area (Å²) in [6.45, 7) is 4.11. The molecule has 1 aromatic carbocycles. The van der Waals surface area contributed by atoms with E-state index in [1.54, 1.807) is 0 Å². The monoisotopic (exact) mass is 325 g/mol. The van der Waals surface area contributed by atoms with Crippen molar-refractivity contribution < 1.29 is 22.0 Å². The van der Waals surface area contributed by atoms with Crippen LogP contribution in [0.4, 0.5) is 8.78 Å². The lowest BCUT2D eigenvalue weighted by Gasteiger charge is -2.11. The molecule has 0 bridgehead atoms. The van der Waals surface area contributed by atoms with Crippen molar-refractivity contribution in [2.75, 3.05) is 6.54 Å². The number of halogens is 3. The summed E-state index contributed by atoms with van der Waals surface area (Å²) in [5.74, 6) is -3.12. The molecule has 0 aromatic heterocycles. The van der Waals surface area contributed by atoms with Gasteiger partial charge in [-0.2, -0.15) is 0 Å². The van der Waals surface area contributed by atoms with Gasteiger partial charge in [0.05, 0.1) is 5.56 Å². The molecular weight excluding hydrogens is 312 g/mol. The first-order valence-corrected chi connectivity index (χ1v) is 8.19. The van der Waals surface area contributed by atoms with Crippen LogP contribution in [0, 0.1) is 17.6 Å². The molecule has 0 aliphatic heterocycles. The van der Waals surface area contributed by atoms with Gasteiger partial charge in [-0.25, -0.2) is 17.2 Å². The van der Waals surface area contributed by atoms with Crippen LogP contribution in [0.15, 0.2) is 17.0 Å². The third-order valence-corrected chi connectivity index (χ3v) is 4.17. The first kappa shape index (κ1) is 16.8. The van der Waals surface area contributed by atoms with Crippen LogP contribution < -0.4 is 5.32 Å². The highest BCUT2D eigenvalue weighted by atomic mass is 35.7. The first-order valence-electron chi connectivity index (χ1n) is 5.88. The van der Waals surface area contributed by atoms with E-state index in [1.807, 2.05) is 13.8 Å². The number of rotatable bonds is 5. The van der Waals surface area contributed by atoms with Crippen LogP contribution in [0.25, 0.3) is 0 Å². The molecule has 0 spiro atoms. The molecule has 1 amide bonds. The number of benzene rings is 1. The molecular formula is C12H14ClF2NO3S. The molecule has 1 N–H and O–H groups in total. The van der Waals surface area contributed by atoms with Gasteiger partial charge in [0.1, 0.15) is 16.5 Å². The summed E-state index contributed by atoms with van der Waals surface area (Å²) >= 11 is 0. The van der Waals surface area contributed by atoms with E-state index >= 15 is 0 Å². The smallest absolute Gasteiger partial charge is 0.264 e. The number of carbonyl (C=O) groups is 1. The SMILES string of the molecule is CCC(C)CNC(=O)c1cc(S(=O)(=O)Cl)c(F)cc1F. The van der Waals surface area contributed by atoms with Crippen LogP contribution in [-0.2, 0) is 9.05 Å². The molecule has 0 saturated heterocycles. The van der Waals surface area contributed by atoms with E-state index in [2.05, 4.69) is 5.32 Å². The number of amides is 1. The minimum absolute atomic E-state index is 0.179. The standard InChI is InChI=1S/C12H14ClF2NO3S/c1-3-7(2)6-16-12(17)8-4-11(20(13,18)19)10(15)5-9(8)14/h4-5,7H,3,6H2,1-2H3,(H,16,17). The topological polar surface area (TPSA) is 63.2 Å². The Morgan fingerprint density at radius 3 is 2.45 bits per heavy atom. The maximum atomic E-state index is 13.5. The summed E-state index contributed by atoms with van der Waals surface area (Å²) in [6.07, 6.45) is 0.813. The lowest BCUT2D eigenvalue weighted by atomic mass is 10.1. The highest BCUT2D eigenvalue weighted by Gasteiger charge is 2.22. The molecule has 8 heteroatoms. The van der Waals surface area contributed by atoms with Gasteiger partial charge in [0.2, 0.25) is 0 Å². The number of hydrogen-bond donors (Lipinski definition) is 1. The Kier molecular flexibility index (Phi) is 5.47. The molecule has 112 valence electrons. The molecule has 0 saturated carbocycles. The normalized spacial score (nSPS) is 13.1. The van der Waals surface area contributed by atoms with Gasteiger partial charge in [0.25, 0.3) is 15.0 Å². The van der Waals surface area contributed by atoms with E-state index < -0.39 is 37.1 Å². The van der Waals surface area contributed by atoms with E-state index in [-0.39, 0.29) is 5.92 Å². The zero-order chi connectivity index (χ0) is 15.5. The lowest BCUT2D eigenvalue weighted by molar-refractivity contribution is 0.0943. The van der Waals surface area contributed by atoms with Gasteiger partial charge in [-0.15, -0.1) is 0 Å². The third-order valence-electron chi connectivity index (χ3n) is 2.84. The van der Waals surface area contributed by atoms with Gasteiger partial charge in [0, 0.05) is 23.3 Å². The minimum Gasteiger partial charge on any atom is -0.352 e. The molecule has 0 heterocycles. The van der Waals surface area contributed by atoms with Gasteiger partial charge in [-0.05, 0) is 12.0 Å². The zero-order valence-corrected chi connectivity index (χ0v) is 12.5. The molecule has 0 aliphatic rings. The maximum absolute atomic E-state index is 13.5. The fourth-order valence-electron chi connectivity index (χ4n) is 1.40. The predicted octanol–water partition coefficient (Wildman–Crippen LogP) is 2.67. The van der Waals surface area contributed by atoms with Crippen LogP contribution in [0.3, 0.4) is 0 Å². The Morgan fingerprint density at radius 2 is 1.95 bits per heavy atom. The Bertz CT molecular complexity index is 619. The Morgan fingerprint density at radius 1 is 1.35 bits per heavy atom. The van der Waals surface area contributed by atoms with Gasteiger partial charge < -0.3 is 5.32 Å². The summed E-state index contributed by atoms with van der Waals surface area (Å²) < 4.78 is 49.1. The second-order valence-corrected chi connectivity index (χ2v) is 6.96. The van der Waals surface area contributed by atoms with Gasteiger partial charge in [0.15, 0.2) is 0 Å². The average Bonchev–Trinajstić information content (AvgIpc) is 2.33. The van der Waals surface area contributed by atoms with Crippen molar-refractivity contribution >= 4 is 25.6 Å². The molecule has 1 aromatic rings. The first-order chi connectivity index (χ1) is 9.16. The van der Waals surface area contributed by atoms with Crippen molar-refractivity contribution in [1.82, 2.24) is 5.32 Å². The molecule has 0 radical (unpaired) electrons. The van der Waals surface area contributed by atoms with Gasteiger partial charge >= 0.3 is 0 Å². The third kappa shape index (κ3) is 4.14. The highest BCUT2D eigenvalue weighted by molar-refractivity contribution is 8.13. The lowest BCUT2D eigenvalue weighted by Crippen LogP contribution is -2.29. The zero-order valence-electron chi connectivity index (χ0n) is 10.9. The number of hydrogen-bond acceptors (Lipinski definition) is 3. The van der Waals surface area contributed by atoms with Crippen molar-refractivity contribution in [1.29, 1.82) is 0 Å². The quantitative estimate of drug-likeness (QED) is 0.847. The molecule has 4 nitrogen and oxygen atoms in total. The van der Waals surface area contributed by atoms with Crippen molar-refractivity contribution in [3.63, 3.8) is 0 Å². The van der Waals surface area contributed by atoms with Crippen LogP contribution >= 0.6 is 10.7 Å². The van der Waals surface area contributed by atoms with Crippen molar-refractivity contribution in [3.05, 3.63) is 29.3 Å². The van der Waals surface area contributed by atoms with Crippen molar-refractivity contribution in [2.45, 2.75) is 25.2 Å². The maximum Gasteiger partial charge on any atom is 0.264 e. The molecule has 1 unspecified atom stereocenters. The van der Waals surface area contributed by atoms with Crippen LogP contribution in [0.1, 0.15) is 30.6 Å². The average molecular weight is 326 g/mol. The van der Waals surface area contributed by atoms with Crippen molar-refractivity contribution in [3.8, 4) is 0 Å². The second kappa shape index (κ2) is 6.49. The molecule has 0 fully saturated rings. The molecule has 20 heavy (non-hydrogen) atoms. The van der Waals surface area contributed by atoms with E-state index in [0.29, 0.717) is 18.7 Å². The van der Waals surface area contributed by atoms with Crippen molar-refractivity contribution in [2.24, 2.45) is 5.92 Å². The van der Waals surface area contributed by atoms with Crippen LogP contribution in [-0.4, -0.2) is 20.9 Å². The fraction of sp³-hybridized carbons (Fsp3) is 0.417. The fourth-order valence-corrected chi connectivity index (χ4v) is 2.30. The highest BCUT2D eigenvalue weighted by Crippen LogP contribution is 2.22. The molecule has 1 atom stereocenters. The second-order valence-electron chi connectivity index (χ2n) is 4.42. The van der Waals surface area contributed by atoms with E-state index in [1.165, 1.54) is 0 Å². The van der Waals surface area contributed by atoms with Crippen LogP contribution in [0.2, 0.25) is 0 Å². The van der Waals surface area contributed by atoms with Gasteiger partial charge in [-0.1, -0.05) is 20.3 Å². The summed E-state index contributed by atoms with van der Waals surface area (Å²) in [4.78, 5) is 10.8. The summed E-state index contributed by atoms with van der Waals surface area (Å²) in [5, 5.41) is 2.45. The minimum atomic E-state index is -4.39. The number of nitrogens with one attached hydrogen (secondary N) is 1. The Balaban J connectivity index is 3.10. The van der Waals surface area contributed by atoms with E-state index in [4.69, 9.17) is 10.7 Å². The van der Waals surface area contributed by atoms with Crippen LogP contribution in [0.5, 0.6) is 0 Å². The Hall–Kier alpha value is -1.21. The summed E-state index contributed by atoms with van der Waals surface area (Å²) in [6, 6.07) is 0.923. The summed E-state index contributed by atoms with van der Waals surface area (Å²) in [5.41, 5.74) is -0.561. The molecule has 1 rings (SSSR count). The molecule has 0 aliphatic carbocycles. The van der Waals surface area contributed by atoms with E-state index in [0.717, 1.165) is 6.42 Å². The Labute approximate surface area is 120 Å². The largest absolute Gasteiger partial charge is 0.352 e. The van der Waals surface area contributed by atoms with E-state index in [9.17, 15) is 22.0 Å². The summed E-state index contributed by atoms with van der Waals surface area (Å²) in [7, 11) is 0.629. The van der Waals surface area contributed by atoms with Gasteiger partial charge in [-0.3, -0.25) is 4.79 Å².